The second-order valence-corrected chi connectivity index (χ2v) is 8.18. The summed E-state index contributed by atoms with van der Waals surface area (Å²) < 4.78 is 35.0. The van der Waals surface area contributed by atoms with Crippen molar-refractivity contribution in [1.82, 2.24) is 20.1 Å². The zero-order valence-electron chi connectivity index (χ0n) is 17.8. The van der Waals surface area contributed by atoms with Gasteiger partial charge in [0.05, 0.1) is 11.9 Å². The number of alkyl halides is 2. The van der Waals surface area contributed by atoms with Crippen LogP contribution in [0.3, 0.4) is 0 Å². The van der Waals surface area contributed by atoms with Gasteiger partial charge in [-0.1, -0.05) is 17.3 Å². The highest BCUT2D eigenvalue weighted by molar-refractivity contribution is 5.97. The highest BCUT2D eigenvalue weighted by Crippen LogP contribution is 2.41. The Morgan fingerprint density at radius 1 is 1.16 bits per heavy atom. The van der Waals surface area contributed by atoms with Gasteiger partial charge in [-0.2, -0.15) is 0 Å². The van der Waals surface area contributed by atoms with Gasteiger partial charge in [0.15, 0.2) is 17.6 Å². The van der Waals surface area contributed by atoms with Gasteiger partial charge < -0.3 is 14.4 Å². The Balaban J connectivity index is 1.61. The number of nitrogens with one attached hydrogen (secondary N) is 1. The van der Waals surface area contributed by atoms with Gasteiger partial charge in [0.1, 0.15) is 5.65 Å². The number of nitrogens with zero attached hydrogens (tertiary/aromatic N) is 4. The summed E-state index contributed by atoms with van der Waals surface area (Å²) in [5.41, 5.74) is 2.40. The summed E-state index contributed by atoms with van der Waals surface area (Å²) in [4.78, 5) is 14.1. The van der Waals surface area contributed by atoms with Crippen molar-refractivity contribution in [1.29, 1.82) is 0 Å². The average molecular weight is 433 g/mol. The van der Waals surface area contributed by atoms with Crippen molar-refractivity contribution in [3.05, 3.63) is 66.8 Å². The molecule has 0 amide bonds. The molecule has 5 rings (SSSR count). The van der Waals surface area contributed by atoms with Crippen molar-refractivity contribution in [3.63, 3.8) is 0 Å². The van der Waals surface area contributed by atoms with Crippen LogP contribution in [0.1, 0.15) is 12.5 Å². The predicted molar refractivity (Wildman–Crippen MR) is 121 cm³/mol. The van der Waals surface area contributed by atoms with E-state index in [1.54, 1.807) is 24.7 Å². The number of aromatic nitrogens is 4. The number of pyridine rings is 2. The Morgan fingerprint density at radius 2 is 2.00 bits per heavy atom. The van der Waals surface area contributed by atoms with Gasteiger partial charge in [-0.15, -0.1) is 0 Å². The summed E-state index contributed by atoms with van der Waals surface area (Å²) in [6.45, 7) is 1.21. The van der Waals surface area contributed by atoms with E-state index in [0.717, 1.165) is 22.3 Å². The van der Waals surface area contributed by atoms with Gasteiger partial charge in [-0.3, -0.25) is 4.98 Å². The third kappa shape index (κ3) is 3.28. The van der Waals surface area contributed by atoms with Gasteiger partial charge in [-0.25, -0.2) is 13.8 Å². The molecule has 0 saturated carbocycles. The highest BCUT2D eigenvalue weighted by Gasteiger charge is 2.38. The lowest BCUT2D eigenvalue weighted by molar-refractivity contribution is 0.151. The maximum Gasteiger partial charge on any atom is 0.176 e. The molecule has 0 bridgehead atoms. The van der Waals surface area contributed by atoms with Crippen LogP contribution in [0.4, 0.5) is 14.5 Å². The van der Waals surface area contributed by atoms with Crippen molar-refractivity contribution < 1.29 is 13.3 Å². The molecule has 1 N–H and O–H groups in total. The Kier molecular flexibility index (Phi) is 4.65. The fraction of sp³-hybridized carbons (Fsp3) is 0.208. The summed E-state index contributed by atoms with van der Waals surface area (Å²) in [6.07, 6.45) is 9.09. The first-order valence-electron chi connectivity index (χ1n) is 10.1. The zero-order valence-corrected chi connectivity index (χ0v) is 17.8. The van der Waals surface area contributed by atoms with Crippen LogP contribution in [0, 0.1) is 0 Å². The van der Waals surface area contributed by atoms with Crippen molar-refractivity contribution in [2.75, 3.05) is 19.0 Å². The smallest absolute Gasteiger partial charge is 0.176 e. The molecule has 0 fully saturated rings. The van der Waals surface area contributed by atoms with Crippen LogP contribution in [0.15, 0.2) is 65.7 Å². The number of rotatable bonds is 4. The molecular formula is C24H21F2N5O. The number of hydrogen-bond acceptors (Lipinski definition) is 5. The molecule has 4 aromatic rings. The molecule has 0 saturated heterocycles. The summed E-state index contributed by atoms with van der Waals surface area (Å²) >= 11 is 0. The minimum absolute atomic E-state index is 0.188. The standard InChI is InChI=1S/C24H21F2N5O/c1-24(26)7-4-5-16(22(24)25)19-13-30-32-21(19)18-12-29-23-17(18)9-14(11-28-23)20-10-15(31(2)3)6-8-27-20/h4-13,22H,1-3H3,(H,28,29). The molecule has 4 aromatic heterocycles. The number of hydrogen-bond donors (Lipinski definition) is 1. The third-order valence-corrected chi connectivity index (χ3v) is 5.68. The minimum atomic E-state index is -2.10. The molecule has 0 radical (unpaired) electrons. The SMILES string of the molecule is CN(C)c1ccnc(-c2cnc3[nH]cc(-c4oncc4C4=CC=CC(C)(F)C4F)c3c2)c1. The van der Waals surface area contributed by atoms with Crippen LogP contribution in [0.25, 0.3) is 39.2 Å². The van der Waals surface area contributed by atoms with Crippen molar-refractivity contribution in [3.8, 4) is 22.6 Å². The maximum atomic E-state index is 14.9. The molecule has 4 heterocycles. The first kappa shape index (κ1) is 20.1. The molecule has 162 valence electrons. The number of H-pyrrole nitrogens is 1. The first-order valence-corrected chi connectivity index (χ1v) is 10.1. The monoisotopic (exact) mass is 433 g/mol. The summed E-state index contributed by atoms with van der Waals surface area (Å²) in [7, 11) is 3.93. The van der Waals surface area contributed by atoms with Gasteiger partial charge in [-0.05, 0) is 31.2 Å². The van der Waals surface area contributed by atoms with E-state index in [9.17, 15) is 8.78 Å². The molecule has 1 aliphatic carbocycles. The molecular weight excluding hydrogens is 412 g/mol. The first-order chi connectivity index (χ1) is 15.3. The zero-order chi connectivity index (χ0) is 22.5. The molecule has 0 aliphatic heterocycles. The number of anilines is 1. The van der Waals surface area contributed by atoms with Gasteiger partial charge in [0.25, 0.3) is 0 Å². The molecule has 32 heavy (non-hydrogen) atoms. The molecule has 0 aromatic carbocycles. The van der Waals surface area contributed by atoms with E-state index in [2.05, 4.69) is 20.1 Å². The second-order valence-electron chi connectivity index (χ2n) is 8.18. The Morgan fingerprint density at radius 3 is 2.81 bits per heavy atom. The van der Waals surface area contributed by atoms with Gasteiger partial charge >= 0.3 is 0 Å². The Labute approximate surface area is 183 Å². The number of aromatic amines is 1. The van der Waals surface area contributed by atoms with E-state index in [1.165, 1.54) is 25.3 Å². The van der Waals surface area contributed by atoms with E-state index < -0.39 is 11.8 Å². The number of halogens is 2. The van der Waals surface area contributed by atoms with E-state index in [0.29, 0.717) is 22.5 Å². The summed E-state index contributed by atoms with van der Waals surface area (Å²) in [5.74, 6) is 0.352. The lowest BCUT2D eigenvalue weighted by Crippen LogP contribution is -2.31. The second kappa shape index (κ2) is 7.40. The highest BCUT2D eigenvalue weighted by atomic mass is 19.2. The minimum Gasteiger partial charge on any atom is -0.378 e. The Bertz CT molecular complexity index is 1370. The molecule has 6 nitrogen and oxygen atoms in total. The molecule has 8 heteroatoms. The third-order valence-electron chi connectivity index (χ3n) is 5.68. The van der Waals surface area contributed by atoms with Crippen LogP contribution in [0.5, 0.6) is 0 Å². The lowest BCUT2D eigenvalue weighted by atomic mass is 9.86. The summed E-state index contributed by atoms with van der Waals surface area (Å²) in [5, 5.41) is 4.64. The van der Waals surface area contributed by atoms with E-state index in [-0.39, 0.29) is 5.57 Å². The fourth-order valence-electron chi connectivity index (χ4n) is 3.87. The average Bonchev–Trinajstić information content (AvgIpc) is 3.42. The van der Waals surface area contributed by atoms with E-state index >= 15 is 0 Å². The molecule has 2 atom stereocenters. The normalized spacial score (nSPS) is 20.5. The predicted octanol–water partition coefficient (Wildman–Crippen LogP) is 5.37. The Hall–Kier alpha value is -3.81. The van der Waals surface area contributed by atoms with Crippen molar-refractivity contribution >= 4 is 22.3 Å². The van der Waals surface area contributed by atoms with E-state index in [4.69, 9.17) is 4.52 Å². The van der Waals surface area contributed by atoms with Crippen LogP contribution in [-0.2, 0) is 0 Å². The topological polar surface area (TPSA) is 70.8 Å². The van der Waals surface area contributed by atoms with Crippen LogP contribution in [-0.4, -0.2) is 46.0 Å². The molecule has 0 spiro atoms. The van der Waals surface area contributed by atoms with Crippen LogP contribution < -0.4 is 4.90 Å². The van der Waals surface area contributed by atoms with E-state index in [1.807, 2.05) is 37.2 Å². The van der Waals surface area contributed by atoms with Gasteiger partial charge in [0, 0.05) is 66.0 Å². The van der Waals surface area contributed by atoms with Crippen LogP contribution >= 0.6 is 0 Å². The lowest BCUT2D eigenvalue weighted by Gasteiger charge is -2.25. The van der Waals surface area contributed by atoms with Crippen molar-refractivity contribution in [2.24, 2.45) is 0 Å². The number of allylic oxidation sites excluding steroid dienone is 4. The fourth-order valence-corrected chi connectivity index (χ4v) is 3.87. The maximum absolute atomic E-state index is 14.9. The summed E-state index contributed by atoms with van der Waals surface area (Å²) in [6, 6.07) is 5.85. The largest absolute Gasteiger partial charge is 0.378 e. The van der Waals surface area contributed by atoms with Gasteiger partial charge in [0.2, 0.25) is 0 Å². The number of fused-ring (bicyclic) bond motifs is 1. The van der Waals surface area contributed by atoms with Crippen molar-refractivity contribution in [2.45, 2.75) is 18.8 Å². The quantitative estimate of drug-likeness (QED) is 0.469. The van der Waals surface area contributed by atoms with Crippen LogP contribution in [0.2, 0.25) is 0 Å². The molecule has 1 aliphatic rings. The molecule has 2 unspecified atom stereocenters.